The van der Waals surface area contributed by atoms with E-state index in [-0.39, 0.29) is 6.61 Å². The van der Waals surface area contributed by atoms with Crippen molar-refractivity contribution in [3.63, 3.8) is 0 Å². The summed E-state index contributed by atoms with van der Waals surface area (Å²) in [6.45, 7) is 3.95. The highest BCUT2D eigenvalue weighted by atomic mass is 35.5. The number of rotatable bonds is 6. The molecule has 1 aliphatic rings. The summed E-state index contributed by atoms with van der Waals surface area (Å²) < 4.78 is 20.7. The molecule has 0 N–H and O–H groups in total. The summed E-state index contributed by atoms with van der Waals surface area (Å²) in [6.07, 6.45) is 1.56. The van der Waals surface area contributed by atoms with Gasteiger partial charge >= 0.3 is 0 Å². The molecule has 8 heteroatoms. The molecule has 0 aliphatic carbocycles. The van der Waals surface area contributed by atoms with Crippen molar-refractivity contribution < 1.29 is 14.2 Å². The monoisotopic (exact) mass is 370 g/mol. The third kappa shape index (κ3) is 4.53. The lowest BCUT2D eigenvalue weighted by Crippen LogP contribution is -2.21. The van der Waals surface area contributed by atoms with Crippen molar-refractivity contribution >= 4 is 34.9 Å². The lowest BCUT2D eigenvalue weighted by molar-refractivity contribution is -0.119. The third-order valence-electron chi connectivity index (χ3n) is 2.89. The van der Waals surface area contributed by atoms with Gasteiger partial charge in [0.1, 0.15) is 6.26 Å². The molecular weight excluding hydrogens is 356 g/mol. The van der Waals surface area contributed by atoms with Crippen LogP contribution in [0.2, 0.25) is 5.02 Å². The Labute approximate surface area is 147 Å². The van der Waals surface area contributed by atoms with E-state index in [4.69, 9.17) is 25.8 Å². The van der Waals surface area contributed by atoms with Crippen LogP contribution in [0, 0.1) is 0 Å². The maximum Gasteiger partial charge on any atom is 0.294 e. The standard InChI is InChI=1S/C15H15ClN2O3S2/c1-15(2)20-8-11(21-15)7-19-14-17-13(18-23-14)22-9-10-5-3-4-6-12(10)16/h3-6,8H,7,9H2,1-2H3. The number of thioether (sulfide) groups is 1. The van der Waals surface area contributed by atoms with E-state index in [1.165, 1.54) is 23.3 Å². The van der Waals surface area contributed by atoms with Gasteiger partial charge in [0.2, 0.25) is 10.9 Å². The topological polar surface area (TPSA) is 53.5 Å². The van der Waals surface area contributed by atoms with E-state index in [0.29, 0.717) is 21.9 Å². The Bertz CT molecular complexity index is 718. The van der Waals surface area contributed by atoms with Gasteiger partial charge in [-0.3, -0.25) is 0 Å². The average Bonchev–Trinajstić information content (AvgIpc) is 3.10. The molecule has 0 saturated carbocycles. The quantitative estimate of drug-likeness (QED) is 0.698. The van der Waals surface area contributed by atoms with E-state index >= 15 is 0 Å². The van der Waals surface area contributed by atoms with Crippen LogP contribution in [0.15, 0.2) is 41.4 Å². The molecular formula is C15H15ClN2O3S2. The van der Waals surface area contributed by atoms with Gasteiger partial charge in [0, 0.05) is 36.2 Å². The summed E-state index contributed by atoms with van der Waals surface area (Å²) >= 11 is 8.86. The van der Waals surface area contributed by atoms with Crippen molar-refractivity contribution in [1.82, 2.24) is 9.36 Å². The third-order valence-corrected chi connectivity index (χ3v) is 4.90. The van der Waals surface area contributed by atoms with Crippen LogP contribution in [0.4, 0.5) is 0 Å². The summed E-state index contributed by atoms with van der Waals surface area (Å²) in [5, 5.41) is 1.92. The molecule has 0 radical (unpaired) electrons. The van der Waals surface area contributed by atoms with Gasteiger partial charge in [-0.2, -0.15) is 9.36 Å². The molecule has 2 aromatic rings. The van der Waals surface area contributed by atoms with Gasteiger partial charge in [-0.05, 0) is 11.6 Å². The number of benzene rings is 1. The molecule has 0 unspecified atom stereocenters. The minimum absolute atomic E-state index is 0.271. The van der Waals surface area contributed by atoms with Crippen LogP contribution in [-0.2, 0) is 15.2 Å². The second kappa shape index (κ2) is 6.98. The first-order valence-corrected chi connectivity index (χ1v) is 9.04. The molecule has 0 atom stereocenters. The van der Waals surface area contributed by atoms with Gasteiger partial charge in [0.15, 0.2) is 12.4 Å². The van der Waals surface area contributed by atoms with Crippen LogP contribution in [0.3, 0.4) is 0 Å². The fraction of sp³-hybridized carbons (Fsp3) is 0.333. The van der Waals surface area contributed by atoms with Gasteiger partial charge in [0.25, 0.3) is 5.19 Å². The Morgan fingerprint density at radius 1 is 1.35 bits per heavy atom. The maximum absolute atomic E-state index is 6.13. The highest BCUT2D eigenvalue weighted by molar-refractivity contribution is 7.98. The number of hydrogen-bond donors (Lipinski definition) is 0. The molecule has 23 heavy (non-hydrogen) atoms. The van der Waals surface area contributed by atoms with Crippen molar-refractivity contribution in [3.8, 4) is 5.19 Å². The second-order valence-corrected chi connectivity index (χ2v) is 7.28. The molecule has 3 rings (SSSR count). The largest absolute Gasteiger partial charge is 0.461 e. The fourth-order valence-corrected chi connectivity index (χ4v) is 3.62. The molecule has 122 valence electrons. The molecule has 1 aromatic heterocycles. The van der Waals surface area contributed by atoms with Crippen LogP contribution in [0.1, 0.15) is 19.4 Å². The van der Waals surface area contributed by atoms with E-state index in [2.05, 4.69) is 9.36 Å². The predicted molar refractivity (Wildman–Crippen MR) is 90.7 cm³/mol. The molecule has 1 aliphatic heterocycles. The lowest BCUT2D eigenvalue weighted by Gasteiger charge is -2.17. The van der Waals surface area contributed by atoms with Crippen molar-refractivity contribution in [3.05, 3.63) is 46.9 Å². The normalized spacial score (nSPS) is 15.7. The number of nitrogens with zero attached hydrogens (tertiary/aromatic N) is 2. The van der Waals surface area contributed by atoms with Crippen molar-refractivity contribution in [2.45, 2.75) is 30.5 Å². The molecule has 0 bridgehead atoms. The highest BCUT2D eigenvalue weighted by Crippen LogP contribution is 2.29. The molecule has 0 amide bonds. The van der Waals surface area contributed by atoms with Gasteiger partial charge in [-0.1, -0.05) is 41.6 Å². The van der Waals surface area contributed by atoms with E-state index in [0.717, 1.165) is 10.6 Å². The van der Waals surface area contributed by atoms with Gasteiger partial charge in [-0.15, -0.1) is 0 Å². The fourth-order valence-electron chi connectivity index (χ4n) is 1.84. The number of aromatic nitrogens is 2. The van der Waals surface area contributed by atoms with Crippen LogP contribution < -0.4 is 4.74 Å². The average molecular weight is 371 g/mol. The number of ether oxygens (including phenoxy) is 3. The molecule has 0 spiro atoms. The molecule has 0 fully saturated rings. The zero-order valence-corrected chi connectivity index (χ0v) is 15.0. The molecule has 2 heterocycles. The smallest absolute Gasteiger partial charge is 0.294 e. The lowest BCUT2D eigenvalue weighted by atomic mass is 10.2. The molecule has 0 saturated heterocycles. The van der Waals surface area contributed by atoms with E-state index in [9.17, 15) is 0 Å². The van der Waals surface area contributed by atoms with Gasteiger partial charge in [0.05, 0.1) is 0 Å². The summed E-state index contributed by atoms with van der Waals surface area (Å²) in [5.74, 6) is 0.720. The first-order chi connectivity index (χ1) is 11.0. The first kappa shape index (κ1) is 16.4. The maximum atomic E-state index is 6.13. The Morgan fingerprint density at radius 2 is 2.17 bits per heavy atom. The number of halogens is 1. The summed E-state index contributed by atoms with van der Waals surface area (Å²) in [6, 6.07) is 7.74. The Hall–Kier alpha value is -1.44. The zero-order chi connectivity index (χ0) is 16.3. The summed E-state index contributed by atoms with van der Waals surface area (Å²) in [4.78, 5) is 4.33. The van der Waals surface area contributed by atoms with Crippen molar-refractivity contribution in [1.29, 1.82) is 0 Å². The van der Waals surface area contributed by atoms with E-state index in [1.807, 2.05) is 38.1 Å². The van der Waals surface area contributed by atoms with Crippen molar-refractivity contribution in [2.24, 2.45) is 0 Å². The predicted octanol–water partition coefficient (Wildman–Crippen LogP) is 4.49. The van der Waals surface area contributed by atoms with E-state index in [1.54, 1.807) is 6.26 Å². The Kier molecular flexibility index (Phi) is 4.99. The van der Waals surface area contributed by atoms with Gasteiger partial charge < -0.3 is 14.2 Å². The second-order valence-electron chi connectivity index (χ2n) is 5.22. The van der Waals surface area contributed by atoms with Crippen LogP contribution in [0.25, 0.3) is 0 Å². The SMILES string of the molecule is CC1(C)OC=C(COc2nc(SCc3ccccc3Cl)ns2)O1. The van der Waals surface area contributed by atoms with Gasteiger partial charge in [-0.25, -0.2) is 0 Å². The molecule has 1 aromatic carbocycles. The Morgan fingerprint density at radius 3 is 2.91 bits per heavy atom. The van der Waals surface area contributed by atoms with Crippen LogP contribution >= 0.6 is 34.9 Å². The highest BCUT2D eigenvalue weighted by Gasteiger charge is 2.27. The van der Waals surface area contributed by atoms with Crippen molar-refractivity contribution in [2.75, 3.05) is 6.61 Å². The van der Waals surface area contributed by atoms with Crippen LogP contribution in [-0.4, -0.2) is 21.8 Å². The summed E-state index contributed by atoms with van der Waals surface area (Å²) in [7, 11) is 0. The molecule has 5 nitrogen and oxygen atoms in total. The number of hydrogen-bond acceptors (Lipinski definition) is 7. The summed E-state index contributed by atoms with van der Waals surface area (Å²) in [5.41, 5.74) is 1.06. The van der Waals surface area contributed by atoms with Crippen LogP contribution in [0.5, 0.6) is 5.19 Å². The first-order valence-electron chi connectivity index (χ1n) is 6.90. The van der Waals surface area contributed by atoms with E-state index < -0.39 is 5.79 Å². The Balaban J connectivity index is 1.50. The minimum atomic E-state index is -0.629. The minimum Gasteiger partial charge on any atom is -0.461 e. The zero-order valence-electron chi connectivity index (χ0n) is 12.6.